The second-order valence-electron chi connectivity index (χ2n) is 6.46. The number of hydrogen-bond donors (Lipinski definition) is 4. The summed E-state index contributed by atoms with van der Waals surface area (Å²) in [6.45, 7) is 0.438. The van der Waals surface area contributed by atoms with E-state index in [1.165, 1.54) is 4.90 Å². The molecular weight excluding hydrogens is 429 g/mol. The average molecular weight is 449 g/mol. The van der Waals surface area contributed by atoms with Crippen molar-refractivity contribution in [3.05, 3.63) is 35.4 Å². The summed E-state index contributed by atoms with van der Waals surface area (Å²) in [5, 5.41) is 7.62. The number of carbonyl (C=O) groups excluding carboxylic acids is 4. The fourth-order valence-electron chi connectivity index (χ4n) is 3.24. The summed E-state index contributed by atoms with van der Waals surface area (Å²) in [4.78, 5) is 48.6. The second-order valence-corrected chi connectivity index (χ2v) is 7.79. The van der Waals surface area contributed by atoms with Gasteiger partial charge in [-0.1, -0.05) is 24.3 Å². The zero-order valence-electron chi connectivity index (χ0n) is 15.1. The van der Waals surface area contributed by atoms with Crippen molar-refractivity contribution >= 4 is 64.1 Å². The predicted octanol–water partition coefficient (Wildman–Crippen LogP) is -2.52. The molecule has 2 saturated heterocycles. The van der Waals surface area contributed by atoms with E-state index in [4.69, 9.17) is 4.55 Å². The first-order valence-corrected chi connectivity index (χ1v) is 10.0. The van der Waals surface area contributed by atoms with Crippen LogP contribution in [0.1, 0.15) is 17.3 Å². The Balaban J connectivity index is 0.00000320. The van der Waals surface area contributed by atoms with Crippen molar-refractivity contribution in [1.29, 1.82) is 0 Å². The molecule has 30 heavy (non-hydrogen) atoms. The van der Waals surface area contributed by atoms with Gasteiger partial charge in [0.15, 0.2) is 0 Å². The fourth-order valence-corrected chi connectivity index (χ4v) is 3.93. The Labute approximate surface area is 194 Å². The molecule has 3 rings (SSSR count). The number of carbonyl (C=O) groups is 4. The molecule has 2 unspecified atom stereocenters. The topological polar surface area (TPSA) is 165 Å². The van der Waals surface area contributed by atoms with E-state index >= 15 is 0 Å². The maximum absolute atomic E-state index is 12.4. The summed E-state index contributed by atoms with van der Waals surface area (Å²) < 4.78 is 31.0. The van der Waals surface area contributed by atoms with Gasteiger partial charge in [0, 0.05) is 13.1 Å². The second kappa shape index (κ2) is 9.75. The molecular formula is C16H20N5NaO7S. The van der Waals surface area contributed by atoms with Gasteiger partial charge in [-0.25, -0.2) is 9.10 Å². The van der Waals surface area contributed by atoms with Crippen LogP contribution in [-0.4, -0.2) is 102 Å². The monoisotopic (exact) mass is 449 g/mol. The number of benzene rings is 1. The van der Waals surface area contributed by atoms with E-state index in [1.807, 2.05) is 0 Å². The molecule has 2 atom stereocenters. The van der Waals surface area contributed by atoms with E-state index in [0.717, 1.165) is 0 Å². The van der Waals surface area contributed by atoms with Crippen LogP contribution in [0, 0.1) is 0 Å². The molecule has 4 N–H and O–H groups in total. The Hall–Kier alpha value is -2.19. The third kappa shape index (κ3) is 5.10. The number of nitrogens with zero attached hydrogens (tertiary/aromatic N) is 2. The van der Waals surface area contributed by atoms with Crippen LogP contribution < -0.4 is 16.0 Å². The first-order chi connectivity index (χ1) is 13.7. The summed E-state index contributed by atoms with van der Waals surface area (Å²) in [5.41, 5.74) is 1.05. The van der Waals surface area contributed by atoms with Crippen LogP contribution in [0.25, 0.3) is 0 Å². The maximum atomic E-state index is 12.4. The molecule has 0 aliphatic carbocycles. The number of amides is 5. The van der Waals surface area contributed by atoms with Gasteiger partial charge in [0.25, 0.3) is 5.91 Å². The van der Waals surface area contributed by atoms with Crippen LogP contribution in [0.15, 0.2) is 24.3 Å². The van der Waals surface area contributed by atoms with E-state index in [9.17, 15) is 27.6 Å². The first kappa shape index (κ1) is 24.1. The van der Waals surface area contributed by atoms with Crippen molar-refractivity contribution in [2.24, 2.45) is 0 Å². The third-order valence-corrected chi connectivity index (χ3v) is 5.52. The van der Waals surface area contributed by atoms with Gasteiger partial charge in [-0.3, -0.25) is 23.8 Å². The summed E-state index contributed by atoms with van der Waals surface area (Å²) in [6.07, 6.45) is -0.484. The minimum atomic E-state index is -4.63. The van der Waals surface area contributed by atoms with Gasteiger partial charge in [0.05, 0.1) is 13.0 Å². The Morgan fingerprint density at radius 3 is 2.60 bits per heavy atom. The van der Waals surface area contributed by atoms with Crippen LogP contribution in [0.5, 0.6) is 0 Å². The van der Waals surface area contributed by atoms with Crippen molar-refractivity contribution in [3.63, 3.8) is 0 Å². The van der Waals surface area contributed by atoms with Gasteiger partial charge in [0.2, 0.25) is 12.3 Å². The summed E-state index contributed by atoms with van der Waals surface area (Å²) in [6, 6.07) is 5.30. The number of nitrogens with one attached hydrogen (secondary N) is 3. The molecule has 2 heterocycles. The van der Waals surface area contributed by atoms with Crippen LogP contribution in [0.4, 0.5) is 4.79 Å². The molecule has 0 bridgehead atoms. The zero-order chi connectivity index (χ0) is 21.2. The molecule has 0 spiro atoms. The van der Waals surface area contributed by atoms with Gasteiger partial charge in [-0.15, -0.1) is 0 Å². The fraction of sp³-hybridized carbons (Fsp3) is 0.375. The molecule has 0 aromatic heterocycles. The molecule has 2 aliphatic rings. The standard InChI is InChI=1S/C16H19N5O7S.Na.H/c22-9-18-14(20-6-5-17-16(20)25)11-4-2-1-3-10(11)7-13(23)19-12-8-21(15(12)24)29(26,27)28;;/h1-4,9,12,14H,5-8H2,(H,17,25)(H,18,22)(H,19,23)(H,26,27,28);;. The molecule has 1 aromatic carbocycles. The quantitative estimate of drug-likeness (QED) is 0.147. The number of β-lactam (4-membered cyclic amide) rings is 1. The molecule has 12 nitrogen and oxygen atoms in total. The Kier molecular flexibility index (Phi) is 7.82. The minimum absolute atomic E-state index is 0. The van der Waals surface area contributed by atoms with Crippen molar-refractivity contribution in [1.82, 2.24) is 25.2 Å². The Bertz CT molecular complexity index is 957. The molecule has 2 fully saturated rings. The van der Waals surface area contributed by atoms with Crippen molar-refractivity contribution in [3.8, 4) is 0 Å². The third-order valence-electron chi connectivity index (χ3n) is 4.63. The molecule has 2 aliphatic heterocycles. The molecule has 0 saturated carbocycles. The van der Waals surface area contributed by atoms with Gasteiger partial charge in [0.1, 0.15) is 12.2 Å². The Morgan fingerprint density at radius 1 is 1.33 bits per heavy atom. The van der Waals surface area contributed by atoms with Crippen LogP contribution in [0.3, 0.4) is 0 Å². The van der Waals surface area contributed by atoms with Gasteiger partial charge in [-0.2, -0.15) is 8.42 Å². The summed E-state index contributed by atoms with van der Waals surface area (Å²) in [5.74, 6) is -1.48. The van der Waals surface area contributed by atoms with E-state index in [1.54, 1.807) is 24.3 Å². The molecule has 5 amide bonds. The summed E-state index contributed by atoms with van der Waals surface area (Å²) in [7, 11) is -4.63. The van der Waals surface area contributed by atoms with E-state index < -0.39 is 34.3 Å². The first-order valence-electron chi connectivity index (χ1n) is 8.62. The van der Waals surface area contributed by atoms with Crippen LogP contribution >= 0.6 is 0 Å². The van der Waals surface area contributed by atoms with Crippen LogP contribution in [0.2, 0.25) is 0 Å². The molecule has 158 valence electrons. The summed E-state index contributed by atoms with van der Waals surface area (Å²) >= 11 is 0. The van der Waals surface area contributed by atoms with Gasteiger partial charge >= 0.3 is 45.9 Å². The molecule has 0 radical (unpaired) electrons. The number of urea groups is 1. The normalized spacial score (nSPS) is 19.3. The number of hydrogen-bond acceptors (Lipinski definition) is 6. The van der Waals surface area contributed by atoms with Crippen molar-refractivity contribution in [2.45, 2.75) is 18.6 Å². The SMILES string of the molecule is O=CNC(c1ccccc1CC(=O)NC1CN(S(=O)(=O)O)C1=O)N1CCNC1=O.[NaH]. The molecule has 14 heteroatoms. The molecule has 1 aromatic rings. The predicted molar refractivity (Wildman–Crippen MR) is 105 cm³/mol. The number of rotatable bonds is 8. The van der Waals surface area contributed by atoms with E-state index in [2.05, 4.69) is 16.0 Å². The van der Waals surface area contributed by atoms with Gasteiger partial charge in [-0.05, 0) is 11.1 Å². The van der Waals surface area contributed by atoms with Crippen molar-refractivity contribution in [2.75, 3.05) is 19.6 Å². The zero-order valence-corrected chi connectivity index (χ0v) is 15.9. The van der Waals surface area contributed by atoms with E-state index in [-0.39, 0.29) is 52.9 Å². The Morgan fingerprint density at radius 2 is 2.03 bits per heavy atom. The van der Waals surface area contributed by atoms with Gasteiger partial charge < -0.3 is 16.0 Å². The average Bonchev–Trinajstić information content (AvgIpc) is 3.08. The van der Waals surface area contributed by atoms with E-state index in [0.29, 0.717) is 30.6 Å². The van der Waals surface area contributed by atoms with Crippen molar-refractivity contribution < 1.29 is 32.1 Å². The van der Waals surface area contributed by atoms with Crippen LogP contribution in [-0.2, 0) is 31.1 Å².